The van der Waals surface area contributed by atoms with E-state index in [1.165, 1.54) is 11.3 Å². The van der Waals surface area contributed by atoms with Gasteiger partial charge in [-0.25, -0.2) is 14.5 Å². The summed E-state index contributed by atoms with van der Waals surface area (Å²) in [6, 6.07) is 3.85. The molecule has 0 aromatic carbocycles. The van der Waals surface area contributed by atoms with Crippen LogP contribution in [-0.2, 0) is 25.1 Å². The number of fused-ring (bicyclic) bond motifs is 1. The van der Waals surface area contributed by atoms with Gasteiger partial charge in [-0.15, -0.1) is 11.3 Å². The quantitative estimate of drug-likeness (QED) is 0.349. The molecule has 1 atom stereocenters. The zero-order valence-corrected chi connectivity index (χ0v) is 17.5. The first-order valence-electron chi connectivity index (χ1n) is 9.96. The van der Waals surface area contributed by atoms with Crippen LogP contribution in [0.5, 0.6) is 0 Å². The summed E-state index contributed by atoms with van der Waals surface area (Å²) in [5, 5.41) is 23.5. The van der Waals surface area contributed by atoms with Crippen LogP contribution in [0.2, 0.25) is 0 Å². The number of aliphatic hydroxyl groups is 1. The summed E-state index contributed by atoms with van der Waals surface area (Å²) in [6.07, 6.45) is 3.82. The first-order valence-corrected chi connectivity index (χ1v) is 10.8. The molecule has 0 radical (unpaired) electrons. The van der Waals surface area contributed by atoms with E-state index in [4.69, 9.17) is 0 Å². The van der Waals surface area contributed by atoms with Crippen LogP contribution in [-0.4, -0.2) is 45.0 Å². The molecule has 0 spiro atoms. The summed E-state index contributed by atoms with van der Waals surface area (Å²) in [6.45, 7) is 6.83. The molecule has 9 heteroatoms. The van der Waals surface area contributed by atoms with Gasteiger partial charge in [0, 0.05) is 37.5 Å². The summed E-state index contributed by atoms with van der Waals surface area (Å²) in [5.74, 6) is 1.57. The van der Waals surface area contributed by atoms with Crippen molar-refractivity contribution in [1.29, 1.82) is 0 Å². The average Bonchev–Trinajstić information content (AvgIpc) is 3.33. The van der Waals surface area contributed by atoms with E-state index < -0.39 is 5.60 Å². The minimum atomic E-state index is -0.987. The monoisotopic (exact) mass is 406 g/mol. The third-order valence-corrected chi connectivity index (χ3v) is 5.93. The van der Waals surface area contributed by atoms with E-state index in [0.717, 1.165) is 49.5 Å². The Labute approximate surface area is 169 Å². The zero-order chi connectivity index (χ0) is 20.0. The number of nitrogens with zero attached hydrogens (tertiary/aromatic N) is 4. The number of guanidine groups is 1. The molecule has 1 aliphatic rings. The second kappa shape index (κ2) is 9.38. The number of aryl methyl sites for hydroxylation is 2. The van der Waals surface area contributed by atoms with E-state index in [1.807, 2.05) is 24.4 Å². The van der Waals surface area contributed by atoms with Crippen molar-refractivity contribution in [3.05, 3.63) is 38.7 Å². The molecule has 2 aromatic heterocycles. The highest BCUT2D eigenvalue weighted by Gasteiger charge is 2.24. The SMILES string of the molecule is CCNC(=NCC(C)(O)c1cccs1)NCCCn1nc2n(c1=O)CCCC2. The second-order valence-corrected chi connectivity index (χ2v) is 8.21. The summed E-state index contributed by atoms with van der Waals surface area (Å²) in [4.78, 5) is 17.8. The molecule has 8 nitrogen and oxygen atoms in total. The lowest BCUT2D eigenvalue weighted by molar-refractivity contribution is 0.0711. The molecule has 0 saturated heterocycles. The molecule has 1 aliphatic heterocycles. The Bertz CT molecular complexity index is 837. The Morgan fingerprint density at radius 1 is 1.43 bits per heavy atom. The Balaban J connectivity index is 1.51. The summed E-state index contributed by atoms with van der Waals surface area (Å²) < 4.78 is 3.38. The number of aliphatic imine (C=N–C) groups is 1. The molecule has 0 saturated carbocycles. The van der Waals surface area contributed by atoms with Gasteiger partial charge in [0.1, 0.15) is 11.4 Å². The van der Waals surface area contributed by atoms with Crippen molar-refractivity contribution in [2.24, 2.45) is 4.99 Å². The summed E-state index contributed by atoms with van der Waals surface area (Å²) in [7, 11) is 0. The molecule has 3 rings (SSSR count). The molecular formula is C19H30N6O2S. The van der Waals surface area contributed by atoms with Gasteiger partial charge >= 0.3 is 5.69 Å². The van der Waals surface area contributed by atoms with Crippen molar-refractivity contribution in [2.75, 3.05) is 19.6 Å². The Hall–Kier alpha value is -2.13. The van der Waals surface area contributed by atoms with Crippen LogP contribution in [0.25, 0.3) is 0 Å². The highest BCUT2D eigenvalue weighted by atomic mass is 32.1. The normalized spacial score (nSPS) is 16.5. The number of hydrogen-bond donors (Lipinski definition) is 3. The topological polar surface area (TPSA) is 96.5 Å². The van der Waals surface area contributed by atoms with Crippen LogP contribution in [0.15, 0.2) is 27.3 Å². The van der Waals surface area contributed by atoms with E-state index in [9.17, 15) is 9.90 Å². The summed E-state index contributed by atoms with van der Waals surface area (Å²) in [5.41, 5.74) is -0.985. The van der Waals surface area contributed by atoms with Gasteiger partial charge in [-0.3, -0.25) is 4.57 Å². The number of aromatic nitrogens is 3. The fourth-order valence-corrected chi connectivity index (χ4v) is 4.05. The van der Waals surface area contributed by atoms with Crippen molar-refractivity contribution >= 4 is 17.3 Å². The molecule has 2 aromatic rings. The van der Waals surface area contributed by atoms with Gasteiger partial charge in [0.25, 0.3) is 0 Å². The van der Waals surface area contributed by atoms with Gasteiger partial charge in [0.2, 0.25) is 0 Å². The van der Waals surface area contributed by atoms with Gasteiger partial charge in [0.15, 0.2) is 5.96 Å². The van der Waals surface area contributed by atoms with Crippen LogP contribution in [0, 0.1) is 0 Å². The summed E-state index contributed by atoms with van der Waals surface area (Å²) >= 11 is 1.53. The first-order chi connectivity index (χ1) is 13.5. The Morgan fingerprint density at radius 3 is 3.00 bits per heavy atom. The first kappa shape index (κ1) is 20.6. The van der Waals surface area contributed by atoms with E-state index in [-0.39, 0.29) is 12.2 Å². The smallest absolute Gasteiger partial charge is 0.345 e. The molecule has 28 heavy (non-hydrogen) atoms. The second-order valence-electron chi connectivity index (χ2n) is 7.26. The third-order valence-electron chi connectivity index (χ3n) is 4.81. The van der Waals surface area contributed by atoms with E-state index in [2.05, 4.69) is 20.7 Å². The molecule has 0 bridgehead atoms. The van der Waals surface area contributed by atoms with E-state index in [0.29, 0.717) is 19.0 Å². The third kappa shape index (κ3) is 5.02. The molecule has 154 valence electrons. The lowest BCUT2D eigenvalue weighted by Gasteiger charge is -2.20. The fraction of sp³-hybridized carbons (Fsp3) is 0.632. The van der Waals surface area contributed by atoms with Gasteiger partial charge in [-0.2, -0.15) is 5.10 Å². The minimum absolute atomic E-state index is 0.00210. The van der Waals surface area contributed by atoms with Crippen LogP contribution >= 0.6 is 11.3 Å². The van der Waals surface area contributed by atoms with Crippen molar-refractivity contribution < 1.29 is 5.11 Å². The van der Waals surface area contributed by atoms with Crippen LogP contribution in [0.3, 0.4) is 0 Å². The standard InChI is InChI=1S/C19H30N6O2S/c1-3-20-17(22-14-19(2,27)15-8-6-13-28-15)21-10-7-12-25-18(26)24-11-5-4-9-16(24)23-25/h6,8,13,27H,3-5,7,9-12,14H2,1-2H3,(H2,20,21,22). The maximum absolute atomic E-state index is 12.3. The average molecular weight is 407 g/mol. The number of thiophene rings is 1. The maximum atomic E-state index is 12.3. The Morgan fingerprint density at radius 2 is 2.29 bits per heavy atom. The molecule has 1 unspecified atom stereocenters. The van der Waals surface area contributed by atoms with Crippen molar-refractivity contribution in [3.63, 3.8) is 0 Å². The minimum Gasteiger partial charge on any atom is -0.383 e. The van der Waals surface area contributed by atoms with Gasteiger partial charge in [0.05, 0.1) is 6.54 Å². The zero-order valence-electron chi connectivity index (χ0n) is 16.6. The fourth-order valence-electron chi connectivity index (χ4n) is 3.27. The van der Waals surface area contributed by atoms with E-state index >= 15 is 0 Å². The van der Waals surface area contributed by atoms with Crippen molar-refractivity contribution in [3.8, 4) is 0 Å². The predicted octanol–water partition coefficient (Wildman–Crippen LogP) is 1.30. The predicted molar refractivity (Wildman–Crippen MR) is 112 cm³/mol. The number of hydrogen-bond acceptors (Lipinski definition) is 5. The number of rotatable bonds is 8. The maximum Gasteiger partial charge on any atom is 0.345 e. The van der Waals surface area contributed by atoms with E-state index in [1.54, 1.807) is 16.2 Å². The molecular weight excluding hydrogens is 376 g/mol. The molecule has 0 aliphatic carbocycles. The molecule has 3 heterocycles. The van der Waals surface area contributed by atoms with Crippen molar-refractivity contribution in [2.45, 2.75) is 58.2 Å². The molecule has 0 amide bonds. The lowest BCUT2D eigenvalue weighted by Crippen LogP contribution is -2.39. The highest BCUT2D eigenvalue weighted by molar-refractivity contribution is 7.10. The number of nitrogens with one attached hydrogen (secondary N) is 2. The van der Waals surface area contributed by atoms with Gasteiger partial charge in [-0.05, 0) is 44.6 Å². The molecule has 0 fully saturated rings. The van der Waals surface area contributed by atoms with Gasteiger partial charge in [-0.1, -0.05) is 6.07 Å². The highest BCUT2D eigenvalue weighted by Crippen LogP contribution is 2.25. The van der Waals surface area contributed by atoms with Crippen molar-refractivity contribution in [1.82, 2.24) is 25.0 Å². The van der Waals surface area contributed by atoms with Crippen LogP contribution < -0.4 is 16.3 Å². The van der Waals surface area contributed by atoms with Crippen LogP contribution in [0.1, 0.15) is 43.8 Å². The lowest BCUT2D eigenvalue weighted by atomic mass is 10.1. The largest absolute Gasteiger partial charge is 0.383 e. The van der Waals surface area contributed by atoms with Crippen LogP contribution in [0.4, 0.5) is 0 Å². The Kier molecular flexibility index (Phi) is 6.90. The van der Waals surface area contributed by atoms with Gasteiger partial charge < -0.3 is 15.7 Å². The molecule has 3 N–H and O–H groups in total.